The number of aromatic hydroxyl groups is 1. The smallest absolute Gasteiger partial charge is 0.218 e. The second-order valence-corrected chi connectivity index (χ2v) is 5.51. The molecule has 0 bridgehead atoms. The number of anilines is 1. The molecule has 0 spiro atoms. The number of hydrogen-bond donors (Lipinski definition) is 2. The summed E-state index contributed by atoms with van der Waals surface area (Å²) in [6.07, 6.45) is 1.50. The third kappa shape index (κ3) is 4.72. The molecule has 138 valence electrons. The van der Waals surface area contributed by atoms with Crippen LogP contribution in [0.5, 0.6) is 17.4 Å². The first kappa shape index (κ1) is 18.2. The molecule has 0 fully saturated rings. The van der Waals surface area contributed by atoms with E-state index in [4.69, 9.17) is 9.47 Å². The molecule has 0 saturated carbocycles. The highest BCUT2D eigenvalue weighted by atomic mass is 16.5. The molecule has 1 aromatic heterocycles. The zero-order valence-electron chi connectivity index (χ0n) is 15.1. The van der Waals surface area contributed by atoms with Crippen molar-refractivity contribution >= 4 is 12.0 Å². The Kier molecular flexibility index (Phi) is 5.84. The molecule has 0 aliphatic heterocycles. The normalized spacial score (nSPS) is 10.7. The standard InChI is InChI=1S/C20H20N4O3/c1-3-27-16-10-9-15(17(25)11-16)13-21-24-18-12-19(26-2)23-20(22-18)14-7-5-4-6-8-14/h4-13,25H,3H2,1-2H3,(H,22,23,24)/b21-13+. The fraction of sp³-hybridized carbons (Fsp3) is 0.150. The van der Waals surface area contributed by atoms with Gasteiger partial charge in [0.05, 0.1) is 19.9 Å². The van der Waals surface area contributed by atoms with Crippen LogP contribution in [-0.4, -0.2) is 35.0 Å². The van der Waals surface area contributed by atoms with Gasteiger partial charge in [-0.2, -0.15) is 10.1 Å². The number of nitrogens with zero attached hydrogens (tertiary/aromatic N) is 3. The van der Waals surface area contributed by atoms with Gasteiger partial charge in [0, 0.05) is 23.3 Å². The van der Waals surface area contributed by atoms with Gasteiger partial charge in [0.25, 0.3) is 0 Å². The van der Waals surface area contributed by atoms with Crippen LogP contribution in [0, 0.1) is 0 Å². The Morgan fingerprint density at radius 3 is 2.63 bits per heavy atom. The summed E-state index contributed by atoms with van der Waals surface area (Å²) in [5.41, 5.74) is 4.26. The number of aromatic nitrogens is 2. The number of phenolic OH excluding ortho intramolecular Hbond substituents is 1. The van der Waals surface area contributed by atoms with E-state index < -0.39 is 0 Å². The van der Waals surface area contributed by atoms with Gasteiger partial charge in [-0.1, -0.05) is 30.3 Å². The topological polar surface area (TPSA) is 88.9 Å². The third-order valence-electron chi connectivity index (χ3n) is 3.64. The maximum Gasteiger partial charge on any atom is 0.218 e. The van der Waals surface area contributed by atoms with Crippen molar-refractivity contribution in [1.29, 1.82) is 0 Å². The minimum atomic E-state index is 0.0803. The van der Waals surface area contributed by atoms with E-state index in [-0.39, 0.29) is 5.75 Å². The van der Waals surface area contributed by atoms with E-state index in [0.717, 1.165) is 5.56 Å². The molecule has 0 radical (unpaired) electrons. The summed E-state index contributed by atoms with van der Waals surface area (Å²) in [6.45, 7) is 2.42. The first-order chi connectivity index (χ1) is 13.2. The molecule has 7 heteroatoms. The highest BCUT2D eigenvalue weighted by Crippen LogP contribution is 2.23. The number of hydrogen-bond acceptors (Lipinski definition) is 7. The van der Waals surface area contributed by atoms with Gasteiger partial charge in [0.15, 0.2) is 11.6 Å². The van der Waals surface area contributed by atoms with Crippen molar-refractivity contribution in [2.24, 2.45) is 5.10 Å². The van der Waals surface area contributed by atoms with Gasteiger partial charge < -0.3 is 14.6 Å². The van der Waals surface area contributed by atoms with E-state index >= 15 is 0 Å². The number of ether oxygens (including phenoxy) is 2. The van der Waals surface area contributed by atoms with Crippen LogP contribution < -0.4 is 14.9 Å². The second-order valence-electron chi connectivity index (χ2n) is 5.51. The van der Waals surface area contributed by atoms with Gasteiger partial charge in [-0.25, -0.2) is 4.98 Å². The Morgan fingerprint density at radius 2 is 1.93 bits per heavy atom. The highest BCUT2D eigenvalue weighted by Gasteiger charge is 2.07. The predicted molar refractivity (Wildman–Crippen MR) is 105 cm³/mol. The summed E-state index contributed by atoms with van der Waals surface area (Å²) in [6, 6.07) is 16.3. The molecular formula is C20H20N4O3. The molecule has 0 saturated heterocycles. The molecule has 3 aromatic rings. The molecular weight excluding hydrogens is 344 g/mol. The minimum absolute atomic E-state index is 0.0803. The maximum atomic E-state index is 10.0. The molecule has 0 amide bonds. The molecule has 3 rings (SSSR count). The van der Waals surface area contributed by atoms with Gasteiger partial charge >= 0.3 is 0 Å². The van der Waals surface area contributed by atoms with Gasteiger partial charge in [-0.05, 0) is 19.1 Å². The van der Waals surface area contributed by atoms with Crippen molar-refractivity contribution in [2.45, 2.75) is 6.92 Å². The maximum absolute atomic E-state index is 10.0. The molecule has 0 aliphatic rings. The van der Waals surface area contributed by atoms with Crippen molar-refractivity contribution in [3.05, 3.63) is 60.2 Å². The number of methoxy groups -OCH3 is 1. The predicted octanol–water partition coefficient (Wildman–Crippen LogP) is 3.70. The van der Waals surface area contributed by atoms with Crippen molar-refractivity contribution in [1.82, 2.24) is 9.97 Å². The first-order valence-corrected chi connectivity index (χ1v) is 8.43. The molecule has 2 aromatic carbocycles. The van der Waals surface area contributed by atoms with E-state index in [9.17, 15) is 5.11 Å². The molecule has 1 heterocycles. The van der Waals surface area contributed by atoms with E-state index in [0.29, 0.717) is 35.4 Å². The summed E-state index contributed by atoms with van der Waals surface area (Å²) in [4.78, 5) is 8.80. The highest BCUT2D eigenvalue weighted by molar-refractivity contribution is 5.84. The summed E-state index contributed by atoms with van der Waals surface area (Å²) >= 11 is 0. The van der Waals surface area contributed by atoms with Crippen LogP contribution in [-0.2, 0) is 0 Å². The number of benzene rings is 2. The van der Waals surface area contributed by atoms with Crippen LogP contribution in [0.4, 0.5) is 5.82 Å². The average molecular weight is 364 g/mol. The first-order valence-electron chi connectivity index (χ1n) is 8.43. The van der Waals surface area contributed by atoms with Crippen molar-refractivity contribution in [3.8, 4) is 28.8 Å². The average Bonchev–Trinajstić information content (AvgIpc) is 2.70. The van der Waals surface area contributed by atoms with E-state index in [1.165, 1.54) is 6.21 Å². The lowest BCUT2D eigenvalue weighted by Crippen LogP contribution is -2.00. The number of phenols is 1. The van der Waals surface area contributed by atoms with Crippen LogP contribution in [0.25, 0.3) is 11.4 Å². The van der Waals surface area contributed by atoms with Crippen LogP contribution in [0.1, 0.15) is 12.5 Å². The largest absolute Gasteiger partial charge is 0.507 e. The van der Waals surface area contributed by atoms with Crippen molar-refractivity contribution < 1.29 is 14.6 Å². The molecule has 0 aliphatic carbocycles. The van der Waals surface area contributed by atoms with Crippen LogP contribution >= 0.6 is 0 Å². The lowest BCUT2D eigenvalue weighted by atomic mass is 10.2. The Bertz CT molecular complexity index is 930. The van der Waals surface area contributed by atoms with E-state index in [1.54, 1.807) is 31.4 Å². The monoisotopic (exact) mass is 364 g/mol. The summed E-state index contributed by atoms with van der Waals surface area (Å²) in [7, 11) is 1.54. The summed E-state index contributed by atoms with van der Waals surface area (Å²) in [5.74, 6) is 2.11. The minimum Gasteiger partial charge on any atom is -0.507 e. The van der Waals surface area contributed by atoms with Gasteiger partial charge in [-0.3, -0.25) is 5.43 Å². The number of nitrogens with one attached hydrogen (secondary N) is 1. The van der Waals surface area contributed by atoms with Crippen LogP contribution in [0.15, 0.2) is 59.7 Å². The Labute approximate surface area is 157 Å². The molecule has 0 atom stereocenters. The summed E-state index contributed by atoms with van der Waals surface area (Å²) < 4.78 is 10.6. The van der Waals surface area contributed by atoms with Crippen molar-refractivity contribution in [3.63, 3.8) is 0 Å². The lowest BCUT2D eigenvalue weighted by molar-refractivity contribution is 0.337. The quantitative estimate of drug-likeness (QED) is 0.491. The SMILES string of the molecule is CCOc1ccc(/C=N/Nc2cc(OC)nc(-c3ccccc3)n2)c(O)c1. The Hall–Kier alpha value is -3.61. The molecule has 27 heavy (non-hydrogen) atoms. The zero-order valence-corrected chi connectivity index (χ0v) is 15.1. The zero-order chi connectivity index (χ0) is 19.1. The van der Waals surface area contributed by atoms with E-state index in [1.807, 2.05) is 37.3 Å². The summed E-state index contributed by atoms with van der Waals surface area (Å²) in [5, 5.41) is 14.2. The van der Waals surface area contributed by atoms with Gasteiger partial charge in [0.2, 0.25) is 5.88 Å². The lowest BCUT2D eigenvalue weighted by Gasteiger charge is -2.07. The number of rotatable bonds is 7. The Balaban J connectivity index is 1.78. The third-order valence-corrected chi connectivity index (χ3v) is 3.64. The molecule has 0 unspecified atom stereocenters. The van der Waals surface area contributed by atoms with Crippen molar-refractivity contribution in [2.75, 3.05) is 19.1 Å². The van der Waals surface area contributed by atoms with Crippen LogP contribution in [0.2, 0.25) is 0 Å². The molecule has 7 nitrogen and oxygen atoms in total. The fourth-order valence-corrected chi connectivity index (χ4v) is 2.36. The van der Waals surface area contributed by atoms with Gasteiger partial charge in [-0.15, -0.1) is 0 Å². The van der Waals surface area contributed by atoms with Crippen LogP contribution in [0.3, 0.4) is 0 Å². The second kappa shape index (κ2) is 8.66. The van der Waals surface area contributed by atoms with E-state index in [2.05, 4.69) is 20.5 Å². The fourth-order valence-electron chi connectivity index (χ4n) is 2.36. The molecule has 2 N–H and O–H groups in total. The Morgan fingerprint density at radius 1 is 1.11 bits per heavy atom. The van der Waals surface area contributed by atoms with Gasteiger partial charge in [0.1, 0.15) is 11.5 Å². The number of hydrazone groups is 1.